The largest absolute Gasteiger partial charge is 0.337 e. The number of hydrogen-bond donors (Lipinski definition) is 1. The van der Waals surface area contributed by atoms with Gasteiger partial charge in [-0.3, -0.25) is 0 Å². The van der Waals surface area contributed by atoms with E-state index in [0.29, 0.717) is 23.6 Å². The number of nitrogens with one attached hydrogen (secondary N) is 1. The number of rotatable bonds is 3. The van der Waals surface area contributed by atoms with E-state index < -0.39 is 26.3 Å². The Morgan fingerprint density at radius 1 is 1.40 bits per heavy atom. The molecule has 1 aromatic carbocycles. The molecule has 0 radical (unpaired) electrons. The van der Waals surface area contributed by atoms with Gasteiger partial charge in [0.2, 0.25) is 0 Å². The highest BCUT2D eigenvalue weighted by Crippen LogP contribution is 2.31. The van der Waals surface area contributed by atoms with Crippen LogP contribution in [0.5, 0.6) is 0 Å². The molecular formula is C17H24ClFN2O3S. The van der Waals surface area contributed by atoms with E-state index in [1.165, 1.54) is 17.0 Å². The van der Waals surface area contributed by atoms with Crippen LogP contribution in [-0.4, -0.2) is 50.0 Å². The lowest BCUT2D eigenvalue weighted by Crippen LogP contribution is -2.46. The summed E-state index contributed by atoms with van der Waals surface area (Å²) in [6.45, 7) is 6.00. The lowest BCUT2D eigenvalue weighted by molar-refractivity contribution is 0.198. The monoisotopic (exact) mass is 390 g/mol. The molecule has 0 spiro atoms. The van der Waals surface area contributed by atoms with Gasteiger partial charge in [-0.15, -0.1) is 0 Å². The minimum atomic E-state index is -3.15. The molecule has 1 N–H and O–H groups in total. The number of urea groups is 1. The van der Waals surface area contributed by atoms with Gasteiger partial charge in [-0.1, -0.05) is 31.5 Å². The molecule has 1 aliphatic rings. The van der Waals surface area contributed by atoms with Gasteiger partial charge in [-0.25, -0.2) is 17.6 Å². The molecule has 0 saturated carbocycles. The highest BCUT2D eigenvalue weighted by atomic mass is 35.5. The van der Waals surface area contributed by atoms with Gasteiger partial charge in [0.05, 0.1) is 11.0 Å². The molecule has 1 saturated heterocycles. The summed E-state index contributed by atoms with van der Waals surface area (Å²) in [5.41, 5.74) is -0.354. The fourth-order valence-corrected chi connectivity index (χ4v) is 4.67. The van der Waals surface area contributed by atoms with Crippen molar-refractivity contribution in [2.75, 3.05) is 25.4 Å². The summed E-state index contributed by atoms with van der Waals surface area (Å²) in [5.74, 6) is -0.453. The molecule has 25 heavy (non-hydrogen) atoms. The Kier molecular flexibility index (Phi) is 5.99. The van der Waals surface area contributed by atoms with Crippen molar-refractivity contribution in [3.63, 3.8) is 0 Å². The first kappa shape index (κ1) is 20.0. The summed E-state index contributed by atoms with van der Waals surface area (Å²) >= 11 is 6.12. The number of sulfone groups is 1. The van der Waals surface area contributed by atoms with Crippen molar-refractivity contribution in [3.8, 4) is 0 Å². The highest BCUT2D eigenvalue weighted by molar-refractivity contribution is 7.92. The molecule has 0 aliphatic carbocycles. The Labute approximate surface area is 153 Å². The number of halogens is 2. The molecule has 2 amide bonds. The van der Waals surface area contributed by atoms with Crippen LogP contribution in [-0.2, 0) is 15.3 Å². The molecule has 8 heteroatoms. The second-order valence-corrected chi connectivity index (χ2v) is 10.0. The lowest BCUT2D eigenvalue weighted by atomic mass is 9.84. The van der Waals surface area contributed by atoms with Crippen LogP contribution in [0.4, 0.5) is 9.18 Å². The average Bonchev–Trinajstić information content (AvgIpc) is 2.64. The topological polar surface area (TPSA) is 66.5 Å². The zero-order valence-corrected chi connectivity index (χ0v) is 16.3. The van der Waals surface area contributed by atoms with Crippen molar-refractivity contribution in [3.05, 3.63) is 34.6 Å². The van der Waals surface area contributed by atoms with Crippen molar-refractivity contribution in [1.29, 1.82) is 0 Å². The van der Waals surface area contributed by atoms with Gasteiger partial charge >= 0.3 is 6.03 Å². The van der Waals surface area contributed by atoms with Gasteiger partial charge in [-0.2, -0.15) is 0 Å². The number of benzene rings is 1. The molecule has 2 rings (SSSR count). The second-order valence-electron chi connectivity index (χ2n) is 7.09. The number of nitrogens with zero attached hydrogens (tertiary/aromatic N) is 1. The first-order chi connectivity index (χ1) is 11.5. The van der Waals surface area contributed by atoms with E-state index in [1.807, 2.05) is 0 Å². The van der Waals surface area contributed by atoms with E-state index in [-0.39, 0.29) is 24.9 Å². The standard InChI is InChI=1S/C17H24ClFN2O3S/c1-12-7-8-21(9-10-25(12,23)24)16(22)20-11-17(2,3)15-13(18)5-4-6-14(15)19/h4-6,12H,7-11H2,1-3H3,(H,20,22). The zero-order valence-electron chi connectivity index (χ0n) is 14.7. The molecule has 1 heterocycles. The smallest absolute Gasteiger partial charge is 0.317 e. The summed E-state index contributed by atoms with van der Waals surface area (Å²) in [6.07, 6.45) is 0.415. The summed E-state index contributed by atoms with van der Waals surface area (Å²) in [7, 11) is -3.15. The lowest BCUT2D eigenvalue weighted by Gasteiger charge is -2.29. The molecule has 1 fully saturated rings. The first-order valence-electron chi connectivity index (χ1n) is 8.23. The highest BCUT2D eigenvalue weighted by Gasteiger charge is 2.31. The predicted octanol–water partition coefficient (Wildman–Crippen LogP) is 2.98. The zero-order chi connectivity index (χ0) is 18.8. The Morgan fingerprint density at radius 2 is 2.08 bits per heavy atom. The van der Waals surface area contributed by atoms with Crippen LogP contribution < -0.4 is 5.32 Å². The minimum absolute atomic E-state index is 0.0376. The third-order valence-electron chi connectivity index (χ3n) is 4.67. The van der Waals surface area contributed by atoms with Crippen molar-refractivity contribution < 1.29 is 17.6 Å². The molecule has 1 aliphatic heterocycles. The van der Waals surface area contributed by atoms with Crippen LogP contribution in [0.2, 0.25) is 5.02 Å². The van der Waals surface area contributed by atoms with Crippen LogP contribution in [0, 0.1) is 5.82 Å². The fourth-order valence-electron chi connectivity index (χ4n) is 2.91. The van der Waals surface area contributed by atoms with Crippen molar-refractivity contribution in [2.45, 2.75) is 37.9 Å². The van der Waals surface area contributed by atoms with Crippen LogP contribution in [0.3, 0.4) is 0 Å². The number of carbonyl (C=O) groups is 1. The van der Waals surface area contributed by atoms with Crippen molar-refractivity contribution in [2.24, 2.45) is 0 Å². The maximum atomic E-state index is 14.1. The van der Waals surface area contributed by atoms with Crippen LogP contribution in [0.1, 0.15) is 32.8 Å². The SMILES string of the molecule is CC1CCN(C(=O)NCC(C)(C)c2c(F)cccc2Cl)CCS1(=O)=O. The maximum Gasteiger partial charge on any atom is 0.317 e. The number of hydrogen-bond acceptors (Lipinski definition) is 3. The second kappa shape index (κ2) is 7.50. The molecule has 0 aromatic heterocycles. The Bertz CT molecular complexity index is 732. The van der Waals surface area contributed by atoms with Gasteiger partial charge in [0, 0.05) is 35.6 Å². The van der Waals surface area contributed by atoms with E-state index in [9.17, 15) is 17.6 Å². The fraction of sp³-hybridized carbons (Fsp3) is 0.588. The quantitative estimate of drug-likeness (QED) is 0.862. The van der Waals surface area contributed by atoms with Gasteiger partial charge in [-0.05, 0) is 25.5 Å². The van der Waals surface area contributed by atoms with Gasteiger partial charge in [0.1, 0.15) is 5.82 Å². The van der Waals surface area contributed by atoms with E-state index in [4.69, 9.17) is 11.6 Å². The average molecular weight is 391 g/mol. The Balaban J connectivity index is 2.04. The summed E-state index contributed by atoms with van der Waals surface area (Å²) in [6, 6.07) is 4.15. The molecular weight excluding hydrogens is 367 g/mol. The molecule has 0 bridgehead atoms. The minimum Gasteiger partial charge on any atom is -0.337 e. The molecule has 5 nitrogen and oxygen atoms in total. The van der Waals surface area contributed by atoms with E-state index >= 15 is 0 Å². The summed E-state index contributed by atoms with van der Waals surface area (Å²) < 4.78 is 38.0. The maximum absolute atomic E-state index is 14.1. The molecule has 1 aromatic rings. The van der Waals surface area contributed by atoms with Crippen molar-refractivity contribution >= 4 is 27.5 Å². The number of amides is 2. The number of carbonyl (C=O) groups excluding carboxylic acids is 1. The molecule has 140 valence electrons. The van der Waals surface area contributed by atoms with Crippen LogP contribution >= 0.6 is 11.6 Å². The normalized spacial score (nSPS) is 20.8. The first-order valence-corrected chi connectivity index (χ1v) is 10.3. The predicted molar refractivity (Wildman–Crippen MR) is 97.3 cm³/mol. The third-order valence-corrected chi connectivity index (χ3v) is 7.20. The Hall–Kier alpha value is -1.34. The summed E-state index contributed by atoms with van der Waals surface area (Å²) in [4.78, 5) is 13.9. The summed E-state index contributed by atoms with van der Waals surface area (Å²) in [5, 5.41) is 2.65. The van der Waals surface area contributed by atoms with Crippen LogP contribution in [0.15, 0.2) is 18.2 Å². The van der Waals surface area contributed by atoms with Gasteiger partial charge in [0.15, 0.2) is 9.84 Å². The van der Waals surface area contributed by atoms with Crippen molar-refractivity contribution in [1.82, 2.24) is 10.2 Å². The third kappa shape index (κ3) is 4.64. The Morgan fingerprint density at radius 3 is 2.72 bits per heavy atom. The van der Waals surface area contributed by atoms with E-state index in [0.717, 1.165) is 0 Å². The van der Waals surface area contributed by atoms with Crippen LogP contribution in [0.25, 0.3) is 0 Å². The molecule has 1 unspecified atom stereocenters. The van der Waals surface area contributed by atoms with Gasteiger partial charge < -0.3 is 10.2 Å². The van der Waals surface area contributed by atoms with E-state index in [2.05, 4.69) is 5.32 Å². The van der Waals surface area contributed by atoms with Gasteiger partial charge in [0.25, 0.3) is 0 Å². The molecule has 1 atom stereocenters. The van der Waals surface area contributed by atoms with E-state index in [1.54, 1.807) is 26.8 Å².